The lowest BCUT2D eigenvalue weighted by Gasteiger charge is -2.03. The van der Waals surface area contributed by atoms with Crippen LogP contribution in [0.5, 0.6) is 0 Å². The zero-order valence-corrected chi connectivity index (χ0v) is 13.4. The molecule has 1 aromatic carbocycles. The molecule has 0 atom stereocenters. The number of hydrogen-bond donors (Lipinski definition) is 1. The summed E-state index contributed by atoms with van der Waals surface area (Å²) in [4.78, 5) is 16.2. The predicted octanol–water partition coefficient (Wildman–Crippen LogP) is 3.63. The summed E-state index contributed by atoms with van der Waals surface area (Å²) >= 11 is 6.13. The first kappa shape index (κ1) is 15.3. The van der Waals surface area contributed by atoms with E-state index in [9.17, 15) is 4.79 Å². The Morgan fingerprint density at radius 1 is 1.30 bits per heavy atom. The molecule has 0 spiro atoms. The van der Waals surface area contributed by atoms with E-state index in [1.54, 1.807) is 6.08 Å². The van der Waals surface area contributed by atoms with Crippen LogP contribution in [0.3, 0.4) is 0 Å². The molecule has 1 amide bonds. The SMILES string of the molecule is Cc1cccc(CNC(=O)/C=C/c2c(Cl)nc3ccccn23)c1. The maximum absolute atomic E-state index is 12.0. The van der Waals surface area contributed by atoms with Gasteiger partial charge in [0.05, 0.1) is 5.69 Å². The van der Waals surface area contributed by atoms with Gasteiger partial charge in [-0.1, -0.05) is 47.5 Å². The van der Waals surface area contributed by atoms with Crippen LogP contribution in [0.1, 0.15) is 16.8 Å². The number of nitrogens with one attached hydrogen (secondary N) is 1. The molecule has 0 bridgehead atoms. The summed E-state index contributed by atoms with van der Waals surface area (Å²) < 4.78 is 1.84. The molecule has 2 heterocycles. The number of benzene rings is 1. The number of carbonyl (C=O) groups excluding carboxylic acids is 1. The molecule has 0 unspecified atom stereocenters. The highest BCUT2D eigenvalue weighted by Crippen LogP contribution is 2.18. The Morgan fingerprint density at radius 3 is 3.00 bits per heavy atom. The van der Waals surface area contributed by atoms with Crippen molar-refractivity contribution in [2.45, 2.75) is 13.5 Å². The monoisotopic (exact) mass is 325 g/mol. The zero-order chi connectivity index (χ0) is 16.2. The van der Waals surface area contributed by atoms with Gasteiger partial charge in [0.1, 0.15) is 5.65 Å². The number of imidazole rings is 1. The standard InChI is InChI=1S/C18H16ClN3O/c1-13-5-4-6-14(11-13)12-20-17(23)9-8-15-18(19)21-16-7-2-3-10-22(15)16/h2-11H,12H2,1H3,(H,20,23)/b9-8+. The fraction of sp³-hybridized carbons (Fsp3) is 0.111. The summed E-state index contributed by atoms with van der Waals surface area (Å²) in [6, 6.07) is 13.7. The molecular formula is C18H16ClN3O. The Bertz CT molecular complexity index is 883. The third-order valence-corrected chi connectivity index (χ3v) is 3.74. The first-order valence-corrected chi connectivity index (χ1v) is 7.65. The molecule has 0 radical (unpaired) electrons. The average Bonchev–Trinajstić information content (AvgIpc) is 2.86. The fourth-order valence-electron chi connectivity index (χ4n) is 2.36. The van der Waals surface area contributed by atoms with Crippen LogP contribution in [0, 0.1) is 6.92 Å². The highest BCUT2D eigenvalue weighted by molar-refractivity contribution is 6.31. The summed E-state index contributed by atoms with van der Waals surface area (Å²) in [5.41, 5.74) is 3.68. The smallest absolute Gasteiger partial charge is 0.244 e. The van der Waals surface area contributed by atoms with Crippen molar-refractivity contribution in [2.24, 2.45) is 0 Å². The molecule has 0 saturated heterocycles. The second-order valence-corrected chi connectivity index (χ2v) is 5.61. The second-order valence-electron chi connectivity index (χ2n) is 5.26. The molecule has 0 fully saturated rings. The second kappa shape index (κ2) is 6.67. The van der Waals surface area contributed by atoms with E-state index in [1.165, 1.54) is 11.6 Å². The lowest BCUT2D eigenvalue weighted by atomic mass is 10.1. The van der Waals surface area contributed by atoms with E-state index in [2.05, 4.69) is 10.3 Å². The molecule has 0 saturated carbocycles. The zero-order valence-electron chi connectivity index (χ0n) is 12.7. The van der Waals surface area contributed by atoms with Crippen LogP contribution < -0.4 is 5.32 Å². The van der Waals surface area contributed by atoms with Gasteiger partial charge >= 0.3 is 0 Å². The van der Waals surface area contributed by atoms with E-state index < -0.39 is 0 Å². The third-order valence-electron chi connectivity index (χ3n) is 3.46. The topological polar surface area (TPSA) is 46.4 Å². The lowest BCUT2D eigenvalue weighted by molar-refractivity contribution is -0.116. The van der Waals surface area contributed by atoms with Crippen molar-refractivity contribution < 1.29 is 4.79 Å². The molecule has 5 heteroatoms. The number of pyridine rings is 1. The molecule has 3 aromatic rings. The van der Waals surface area contributed by atoms with Crippen molar-refractivity contribution >= 4 is 29.2 Å². The number of hydrogen-bond acceptors (Lipinski definition) is 2. The van der Waals surface area contributed by atoms with Crippen LogP contribution in [-0.4, -0.2) is 15.3 Å². The predicted molar refractivity (Wildman–Crippen MR) is 92.3 cm³/mol. The van der Waals surface area contributed by atoms with E-state index in [0.29, 0.717) is 17.4 Å². The largest absolute Gasteiger partial charge is 0.348 e. The normalized spacial score (nSPS) is 11.2. The van der Waals surface area contributed by atoms with E-state index >= 15 is 0 Å². The van der Waals surface area contributed by atoms with Gasteiger partial charge in [-0.05, 0) is 30.7 Å². The van der Waals surface area contributed by atoms with Gasteiger partial charge in [-0.2, -0.15) is 0 Å². The summed E-state index contributed by atoms with van der Waals surface area (Å²) in [6.07, 6.45) is 5.00. The number of halogens is 1. The van der Waals surface area contributed by atoms with Crippen LogP contribution >= 0.6 is 11.6 Å². The van der Waals surface area contributed by atoms with Crippen molar-refractivity contribution in [3.63, 3.8) is 0 Å². The third kappa shape index (κ3) is 3.60. The van der Waals surface area contributed by atoms with Gasteiger partial charge in [0.2, 0.25) is 5.91 Å². The number of rotatable bonds is 4. The van der Waals surface area contributed by atoms with Crippen molar-refractivity contribution in [3.05, 3.63) is 76.7 Å². The maximum Gasteiger partial charge on any atom is 0.244 e. The van der Waals surface area contributed by atoms with Crippen LogP contribution in [0.25, 0.3) is 11.7 Å². The summed E-state index contributed by atoms with van der Waals surface area (Å²) in [5.74, 6) is -0.173. The molecule has 0 aliphatic heterocycles. The highest BCUT2D eigenvalue weighted by Gasteiger charge is 2.07. The van der Waals surface area contributed by atoms with Crippen LogP contribution in [0.2, 0.25) is 5.15 Å². The van der Waals surface area contributed by atoms with Crippen LogP contribution in [0.15, 0.2) is 54.7 Å². The molecule has 1 N–H and O–H groups in total. The summed E-state index contributed by atoms with van der Waals surface area (Å²) in [7, 11) is 0. The van der Waals surface area contributed by atoms with Crippen molar-refractivity contribution in [3.8, 4) is 0 Å². The maximum atomic E-state index is 12.0. The van der Waals surface area contributed by atoms with Gasteiger partial charge in [-0.25, -0.2) is 4.98 Å². The number of carbonyl (C=O) groups is 1. The fourth-order valence-corrected chi connectivity index (χ4v) is 2.60. The van der Waals surface area contributed by atoms with Gasteiger partial charge in [-0.15, -0.1) is 0 Å². The van der Waals surface area contributed by atoms with Gasteiger partial charge in [0.15, 0.2) is 5.15 Å². The first-order chi connectivity index (χ1) is 11.1. The van der Waals surface area contributed by atoms with E-state index in [4.69, 9.17) is 11.6 Å². The lowest BCUT2D eigenvalue weighted by Crippen LogP contribution is -2.20. The minimum Gasteiger partial charge on any atom is -0.348 e. The number of fused-ring (bicyclic) bond motifs is 1. The Labute approximate surface area is 139 Å². The molecule has 4 nitrogen and oxygen atoms in total. The molecular weight excluding hydrogens is 310 g/mol. The van der Waals surface area contributed by atoms with E-state index in [1.807, 2.05) is 60.0 Å². The average molecular weight is 326 g/mol. The molecule has 116 valence electrons. The molecule has 2 aromatic heterocycles. The van der Waals surface area contributed by atoms with Crippen LogP contribution in [0.4, 0.5) is 0 Å². The van der Waals surface area contributed by atoms with Gasteiger partial charge < -0.3 is 5.32 Å². The molecule has 3 rings (SSSR count). The quantitative estimate of drug-likeness (QED) is 0.745. The summed E-state index contributed by atoms with van der Waals surface area (Å²) in [6.45, 7) is 2.52. The minimum absolute atomic E-state index is 0.173. The van der Waals surface area contributed by atoms with Crippen molar-refractivity contribution in [2.75, 3.05) is 0 Å². The van der Waals surface area contributed by atoms with Crippen LogP contribution in [-0.2, 0) is 11.3 Å². The Morgan fingerprint density at radius 2 is 2.17 bits per heavy atom. The molecule has 0 aliphatic rings. The number of nitrogens with zero attached hydrogens (tertiary/aromatic N) is 2. The van der Waals surface area contributed by atoms with E-state index in [-0.39, 0.29) is 5.91 Å². The van der Waals surface area contributed by atoms with E-state index in [0.717, 1.165) is 11.2 Å². The first-order valence-electron chi connectivity index (χ1n) is 7.27. The molecule has 23 heavy (non-hydrogen) atoms. The van der Waals surface area contributed by atoms with Crippen molar-refractivity contribution in [1.82, 2.24) is 14.7 Å². The van der Waals surface area contributed by atoms with Gasteiger partial charge in [0, 0.05) is 18.8 Å². The summed E-state index contributed by atoms with van der Waals surface area (Å²) in [5, 5.41) is 3.23. The Balaban J connectivity index is 1.69. The van der Waals surface area contributed by atoms with Crippen molar-refractivity contribution in [1.29, 1.82) is 0 Å². The Hall–Kier alpha value is -2.59. The minimum atomic E-state index is -0.173. The molecule has 0 aliphatic carbocycles. The highest BCUT2D eigenvalue weighted by atomic mass is 35.5. The number of aromatic nitrogens is 2. The number of aryl methyl sites for hydroxylation is 1. The Kier molecular flexibility index (Phi) is 4.44. The number of amides is 1. The van der Waals surface area contributed by atoms with Gasteiger partial charge in [0.25, 0.3) is 0 Å². The van der Waals surface area contributed by atoms with Gasteiger partial charge in [-0.3, -0.25) is 9.20 Å².